The molecule has 0 bridgehead atoms. The Morgan fingerprint density at radius 3 is 2.33 bits per heavy atom. The van der Waals surface area contributed by atoms with E-state index in [0.29, 0.717) is 0 Å². The summed E-state index contributed by atoms with van der Waals surface area (Å²) in [4.78, 5) is 0. The first-order valence-corrected chi connectivity index (χ1v) is 3.84. The minimum absolute atomic E-state index is 0.975. The summed E-state index contributed by atoms with van der Waals surface area (Å²) in [7, 11) is -0.975. The molecule has 3 N–H and O–H groups in total. The fourth-order valence-corrected chi connectivity index (χ4v) is 0.758. The maximum Gasteiger partial charge on any atom is 0.203 e. The van der Waals surface area contributed by atoms with Gasteiger partial charge in [-0.2, -0.15) is 0 Å². The Hall–Kier alpha value is -0.203. The van der Waals surface area contributed by atoms with Crippen LogP contribution in [0, 0.1) is 0 Å². The molecule has 4 nitrogen and oxygen atoms in total. The first-order chi connectivity index (χ1) is 4.18. The van der Waals surface area contributed by atoms with Gasteiger partial charge in [-0.1, -0.05) is 5.70 Å². The average molecular weight is 150 g/mol. The van der Waals surface area contributed by atoms with Gasteiger partial charge in [0.1, 0.15) is 0 Å². The van der Waals surface area contributed by atoms with Crippen LogP contribution in [0.1, 0.15) is 0 Å². The van der Waals surface area contributed by atoms with Crippen molar-refractivity contribution in [2.24, 2.45) is 0 Å². The van der Waals surface area contributed by atoms with E-state index in [9.17, 15) is 0 Å². The molecule has 1 atom stereocenters. The number of rotatable bonds is 4. The van der Waals surface area contributed by atoms with Gasteiger partial charge < -0.3 is 19.7 Å². The van der Waals surface area contributed by atoms with Gasteiger partial charge in [-0.3, -0.25) is 0 Å². The van der Waals surface area contributed by atoms with Gasteiger partial charge in [-0.25, -0.2) is 0 Å². The highest BCUT2D eigenvalue weighted by molar-refractivity contribution is 6.34. The van der Waals surface area contributed by atoms with Gasteiger partial charge in [0.25, 0.3) is 0 Å². The molecule has 0 fully saturated rings. The molecule has 5 heteroatoms. The van der Waals surface area contributed by atoms with E-state index in [2.05, 4.69) is 11.0 Å². The minimum Gasteiger partial charge on any atom is -0.391 e. The molecule has 0 aromatic rings. The number of hydrogen-bond donors (Lipinski definition) is 3. The fraction of sp³-hybridized carbons (Fsp3) is 0.500. The summed E-state index contributed by atoms with van der Waals surface area (Å²) in [5, 5.41) is 25.0. The summed E-state index contributed by atoms with van der Waals surface area (Å²) in [6, 6.07) is 0. The van der Waals surface area contributed by atoms with Gasteiger partial charge in [-0.15, -0.1) is 6.58 Å². The van der Waals surface area contributed by atoms with E-state index in [1.54, 1.807) is 0 Å². The number of aliphatic hydroxyl groups excluding tert-OH is 2. The van der Waals surface area contributed by atoms with Gasteiger partial charge in [0, 0.05) is 0 Å². The summed E-state index contributed by atoms with van der Waals surface area (Å²) in [6.45, 7) is 3.35. The molecule has 0 aliphatic rings. The van der Waals surface area contributed by atoms with Crippen LogP contribution in [0.25, 0.3) is 0 Å². The molecular weight excluding hydrogens is 140 g/mol. The Labute approximate surface area is 55.3 Å². The van der Waals surface area contributed by atoms with E-state index in [1.807, 2.05) is 0 Å². The Balaban J connectivity index is 3.26. The molecule has 0 heterocycles. The fourth-order valence-electron chi connectivity index (χ4n) is 0.253. The summed E-state index contributed by atoms with van der Waals surface area (Å²) in [5.74, 6) is 0. The van der Waals surface area contributed by atoms with Gasteiger partial charge in [0.05, 0.1) is 0 Å². The summed E-state index contributed by atoms with van der Waals surface area (Å²) < 4.78 is 4.53. The van der Waals surface area contributed by atoms with E-state index < -0.39 is 22.3 Å². The Morgan fingerprint density at radius 2 is 2.00 bits per heavy atom. The van der Waals surface area contributed by atoms with Crippen molar-refractivity contribution < 1.29 is 19.7 Å². The summed E-state index contributed by atoms with van der Waals surface area (Å²) in [6.07, 6.45) is -3.29. The quantitative estimate of drug-likeness (QED) is 0.316. The molecule has 0 aliphatic heterocycles. The van der Waals surface area contributed by atoms with Crippen LogP contribution in [-0.2, 0) is 4.43 Å². The average Bonchev–Trinajstić information content (AvgIpc) is 1.82. The zero-order valence-electron chi connectivity index (χ0n) is 4.90. The van der Waals surface area contributed by atoms with E-state index in [1.165, 1.54) is 5.70 Å². The van der Waals surface area contributed by atoms with Crippen molar-refractivity contribution in [2.45, 2.75) is 12.6 Å². The van der Waals surface area contributed by atoms with Gasteiger partial charge in [0.15, 0.2) is 16.1 Å². The number of hydrogen-bond acceptors (Lipinski definition) is 4. The molecule has 0 saturated heterocycles. The zero-order valence-corrected chi connectivity index (χ0v) is 6.31. The van der Waals surface area contributed by atoms with Crippen molar-refractivity contribution in [3.8, 4) is 0 Å². The SMILES string of the molecule is C=C[SiH2]OC(O)C(O)O. The monoisotopic (exact) mass is 150 g/mol. The van der Waals surface area contributed by atoms with Crippen LogP contribution in [0.15, 0.2) is 12.3 Å². The van der Waals surface area contributed by atoms with Crippen LogP contribution in [0.4, 0.5) is 0 Å². The van der Waals surface area contributed by atoms with Gasteiger partial charge >= 0.3 is 0 Å². The minimum atomic E-state index is -1.81. The van der Waals surface area contributed by atoms with Crippen LogP contribution >= 0.6 is 0 Å². The first kappa shape index (κ1) is 8.80. The first-order valence-electron chi connectivity index (χ1n) is 2.45. The predicted molar refractivity (Wildman–Crippen MR) is 34.1 cm³/mol. The van der Waals surface area contributed by atoms with Crippen LogP contribution in [-0.4, -0.2) is 37.7 Å². The molecule has 0 aliphatic carbocycles. The molecule has 0 amide bonds. The third-order valence-electron chi connectivity index (χ3n) is 0.640. The Bertz CT molecular complexity index is 84.6. The number of aliphatic hydroxyl groups is 3. The van der Waals surface area contributed by atoms with Crippen molar-refractivity contribution in [3.05, 3.63) is 12.3 Å². The molecular formula is C4H10O4Si. The maximum absolute atomic E-state index is 8.52. The van der Waals surface area contributed by atoms with Crippen molar-refractivity contribution in [1.82, 2.24) is 0 Å². The van der Waals surface area contributed by atoms with E-state index in [-0.39, 0.29) is 0 Å². The van der Waals surface area contributed by atoms with Crippen molar-refractivity contribution >= 4 is 9.76 Å². The Morgan fingerprint density at radius 1 is 1.44 bits per heavy atom. The van der Waals surface area contributed by atoms with Crippen molar-refractivity contribution in [1.29, 1.82) is 0 Å². The highest BCUT2D eigenvalue weighted by atomic mass is 28.2. The zero-order chi connectivity index (χ0) is 7.28. The van der Waals surface area contributed by atoms with Crippen molar-refractivity contribution in [2.75, 3.05) is 0 Å². The van der Waals surface area contributed by atoms with E-state index in [0.717, 1.165) is 0 Å². The lowest BCUT2D eigenvalue weighted by molar-refractivity contribution is -0.194. The lowest BCUT2D eigenvalue weighted by Gasteiger charge is -2.11. The normalized spacial score (nSPS) is 15.1. The second kappa shape index (κ2) is 4.65. The largest absolute Gasteiger partial charge is 0.391 e. The molecule has 9 heavy (non-hydrogen) atoms. The van der Waals surface area contributed by atoms with E-state index >= 15 is 0 Å². The highest BCUT2D eigenvalue weighted by Crippen LogP contribution is 1.88. The third-order valence-corrected chi connectivity index (χ3v) is 1.41. The molecule has 0 aromatic heterocycles. The van der Waals surface area contributed by atoms with Gasteiger partial charge in [0.2, 0.25) is 6.29 Å². The third kappa shape index (κ3) is 4.31. The lowest BCUT2D eigenvalue weighted by Crippen LogP contribution is -2.28. The smallest absolute Gasteiger partial charge is 0.203 e. The second-order valence-corrected chi connectivity index (χ2v) is 2.67. The summed E-state index contributed by atoms with van der Waals surface area (Å²) in [5.41, 5.74) is 1.53. The van der Waals surface area contributed by atoms with Crippen molar-refractivity contribution in [3.63, 3.8) is 0 Å². The molecule has 0 aromatic carbocycles. The molecule has 1 unspecified atom stereocenters. The van der Waals surface area contributed by atoms with Crippen LogP contribution in [0.3, 0.4) is 0 Å². The van der Waals surface area contributed by atoms with Gasteiger partial charge in [-0.05, 0) is 0 Å². The Kier molecular flexibility index (Phi) is 4.55. The topological polar surface area (TPSA) is 69.9 Å². The molecule has 0 radical (unpaired) electrons. The standard InChI is InChI=1S/C4H10O4Si/c1-2-9-8-4(7)3(5)6/h2-7H,1,9H2. The molecule has 0 spiro atoms. The molecule has 0 rings (SSSR count). The van der Waals surface area contributed by atoms with Crippen LogP contribution < -0.4 is 0 Å². The molecule has 0 saturated carbocycles. The van der Waals surface area contributed by atoms with Crippen LogP contribution in [0.2, 0.25) is 0 Å². The lowest BCUT2D eigenvalue weighted by atomic mass is 10.6. The highest BCUT2D eigenvalue weighted by Gasteiger charge is 2.10. The predicted octanol–water partition coefficient (Wildman–Crippen LogP) is -2.14. The van der Waals surface area contributed by atoms with E-state index in [4.69, 9.17) is 15.3 Å². The summed E-state index contributed by atoms with van der Waals surface area (Å²) >= 11 is 0. The maximum atomic E-state index is 8.52. The molecule has 54 valence electrons. The second-order valence-electron chi connectivity index (χ2n) is 1.43. The van der Waals surface area contributed by atoms with Crippen LogP contribution in [0.5, 0.6) is 0 Å².